The quantitative estimate of drug-likeness (QED) is 0.638. The highest BCUT2D eigenvalue weighted by molar-refractivity contribution is 6.01. The fourth-order valence-electron chi connectivity index (χ4n) is 3.10. The molecule has 0 heterocycles. The predicted octanol–water partition coefficient (Wildman–Crippen LogP) is 2.03. The third-order valence-corrected chi connectivity index (χ3v) is 4.76. The molecule has 3 rings (SSSR count). The molecule has 0 aliphatic carbocycles. The lowest BCUT2D eigenvalue weighted by atomic mass is 10.0. The van der Waals surface area contributed by atoms with Crippen molar-refractivity contribution in [3.05, 3.63) is 77.9 Å². The number of nitrogens with one attached hydrogen (secondary N) is 2. The van der Waals surface area contributed by atoms with Gasteiger partial charge in [-0.05, 0) is 28.5 Å². The summed E-state index contributed by atoms with van der Waals surface area (Å²) >= 11 is 0. The number of hydrogen-bond acceptors (Lipinski definition) is 2. The Bertz CT molecular complexity index is 891. The molecule has 134 valence electrons. The van der Waals surface area contributed by atoms with Gasteiger partial charge in [0.25, 0.3) is 5.91 Å². The number of phenolic OH excluding ortho intramolecular Hbond substituents is 1. The van der Waals surface area contributed by atoms with E-state index in [9.17, 15) is 9.90 Å². The van der Waals surface area contributed by atoms with Crippen LogP contribution in [0.2, 0.25) is 0 Å². The molecule has 0 bridgehead atoms. The molecule has 0 aliphatic rings. The lowest BCUT2D eigenvalue weighted by Gasteiger charge is -2.22. The molecule has 4 nitrogen and oxygen atoms in total. The summed E-state index contributed by atoms with van der Waals surface area (Å²) in [6.45, 7) is 0.544. The number of fused-ring (bicyclic) bond motifs is 1. The Morgan fingerprint density at radius 3 is 2.27 bits per heavy atom. The van der Waals surface area contributed by atoms with E-state index in [0.717, 1.165) is 17.2 Å². The fourth-order valence-corrected chi connectivity index (χ4v) is 3.10. The standard InChI is InChI=1S/C22H24N2O2/c1-24(2)19(12-16-8-4-3-5-9-16)15-23-22(26)20-13-17-10-6-7-11-18(17)14-21(20)25/h3-11,13-14,19,25H,12,15H2,1-2H3,(H,23,26)/p+1/t19-/m1/s1. The second-order valence-electron chi connectivity index (χ2n) is 6.89. The zero-order valence-corrected chi connectivity index (χ0v) is 15.2. The first-order valence-electron chi connectivity index (χ1n) is 8.88. The molecule has 26 heavy (non-hydrogen) atoms. The van der Waals surface area contributed by atoms with Crippen LogP contribution in [-0.4, -0.2) is 37.7 Å². The number of carbonyl (C=O) groups is 1. The number of hydrogen-bond donors (Lipinski definition) is 3. The molecule has 3 N–H and O–H groups in total. The minimum Gasteiger partial charge on any atom is -0.507 e. The number of amides is 1. The van der Waals surface area contributed by atoms with Crippen molar-refractivity contribution >= 4 is 16.7 Å². The molecule has 3 aromatic rings. The van der Waals surface area contributed by atoms with E-state index in [1.54, 1.807) is 12.1 Å². The van der Waals surface area contributed by atoms with Crippen molar-refractivity contribution in [1.82, 2.24) is 5.32 Å². The van der Waals surface area contributed by atoms with E-state index in [1.165, 1.54) is 10.5 Å². The van der Waals surface area contributed by atoms with Gasteiger partial charge >= 0.3 is 0 Å². The monoisotopic (exact) mass is 349 g/mol. The lowest BCUT2D eigenvalue weighted by Crippen LogP contribution is -3.11. The Morgan fingerprint density at radius 1 is 1.00 bits per heavy atom. The van der Waals surface area contributed by atoms with Gasteiger partial charge in [-0.3, -0.25) is 4.79 Å². The van der Waals surface area contributed by atoms with Gasteiger partial charge in [0.15, 0.2) is 0 Å². The molecule has 0 spiro atoms. The number of likely N-dealkylation sites (N-methyl/N-ethyl adjacent to an activating group) is 1. The second kappa shape index (κ2) is 8.02. The van der Waals surface area contributed by atoms with Crippen molar-refractivity contribution in [2.24, 2.45) is 0 Å². The summed E-state index contributed by atoms with van der Waals surface area (Å²) in [5, 5.41) is 15.1. The Hall–Kier alpha value is -2.85. The van der Waals surface area contributed by atoms with Gasteiger partial charge in [0.2, 0.25) is 0 Å². The fraction of sp³-hybridized carbons (Fsp3) is 0.227. The smallest absolute Gasteiger partial charge is 0.255 e. The first-order valence-corrected chi connectivity index (χ1v) is 8.88. The Kier molecular flexibility index (Phi) is 5.54. The molecule has 0 aromatic heterocycles. The average Bonchev–Trinajstić information content (AvgIpc) is 2.65. The SMILES string of the molecule is C[NH+](C)[C@@H](CNC(=O)c1cc2ccccc2cc1O)Cc1ccccc1. The highest BCUT2D eigenvalue weighted by atomic mass is 16.3. The zero-order valence-electron chi connectivity index (χ0n) is 15.2. The van der Waals surface area contributed by atoms with Gasteiger partial charge in [0, 0.05) is 6.42 Å². The maximum Gasteiger partial charge on any atom is 0.255 e. The van der Waals surface area contributed by atoms with E-state index >= 15 is 0 Å². The highest BCUT2D eigenvalue weighted by Gasteiger charge is 2.19. The van der Waals surface area contributed by atoms with Crippen molar-refractivity contribution in [3.63, 3.8) is 0 Å². The van der Waals surface area contributed by atoms with Crippen molar-refractivity contribution in [2.75, 3.05) is 20.6 Å². The topological polar surface area (TPSA) is 53.8 Å². The first kappa shape index (κ1) is 18.0. The van der Waals surface area contributed by atoms with Gasteiger partial charge in [-0.25, -0.2) is 0 Å². The van der Waals surface area contributed by atoms with Crippen molar-refractivity contribution in [3.8, 4) is 5.75 Å². The average molecular weight is 349 g/mol. The summed E-state index contributed by atoms with van der Waals surface area (Å²) in [6.07, 6.45) is 0.882. The largest absolute Gasteiger partial charge is 0.507 e. The van der Waals surface area contributed by atoms with Gasteiger partial charge in [-0.1, -0.05) is 54.6 Å². The zero-order chi connectivity index (χ0) is 18.5. The van der Waals surface area contributed by atoms with Crippen LogP contribution in [0.1, 0.15) is 15.9 Å². The van der Waals surface area contributed by atoms with E-state index in [1.807, 2.05) is 42.5 Å². The molecule has 0 aliphatic heterocycles. The van der Waals surface area contributed by atoms with E-state index in [4.69, 9.17) is 0 Å². The van der Waals surface area contributed by atoms with Gasteiger partial charge in [-0.15, -0.1) is 0 Å². The normalized spacial score (nSPS) is 12.3. The van der Waals surface area contributed by atoms with E-state index in [2.05, 4.69) is 31.5 Å². The summed E-state index contributed by atoms with van der Waals surface area (Å²) in [5.74, 6) is -0.231. The number of carbonyl (C=O) groups excluding carboxylic acids is 1. The molecule has 0 saturated heterocycles. The van der Waals surface area contributed by atoms with Gasteiger partial charge < -0.3 is 15.3 Å². The Balaban J connectivity index is 1.71. The van der Waals surface area contributed by atoms with E-state index in [-0.39, 0.29) is 17.7 Å². The minimum absolute atomic E-state index is 0.0120. The van der Waals surface area contributed by atoms with Gasteiger partial charge in [0.05, 0.1) is 26.2 Å². The number of phenols is 1. The van der Waals surface area contributed by atoms with Gasteiger partial charge in [0.1, 0.15) is 11.8 Å². The molecular formula is C22H25N2O2+. The van der Waals surface area contributed by atoms with Crippen molar-refractivity contribution < 1.29 is 14.8 Å². The molecule has 0 saturated carbocycles. The number of aromatic hydroxyl groups is 1. The molecule has 3 aromatic carbocycles. The number of benzene rings is 3. The maximum absolute atomic E-state index is 12.6. The summed E-state index contributed by atoms with van der Waals surface area (Å²) in [6, 6.07) is 21.6. The molecule has 1 amide bonds. The van der Waals surface area contributed by atoms with Crippen LogP contribution in [0.25, 0.3) is 10.8 Å². The molecule has 0 radical (unpaired) electrons. The number of rotatable bonds is 6. The van der Waals surface area contributed by atoms with E-state index < -0.39 is 0 Å². The molecular weight excluding hydrogens is 324 g/mol. The predicted molar refractivity (Wildman–Crippen MR) is 105 cm³/mol. The summed E-state index contributed by atoms with van der Waals surface area (Å²) in [5.41, 5.74) is 1.57. The maximum atomic E-state index is 12.6. The van der Waals surface area contributed by atoms with Crippen LogP contribution in [0, 0.1) is 0 Å². The van der Waals surface area contributed by atoms with Crippen LogP contribution in [0.5, 0.6) is 5.75 Å². The minimum atomic E-state index is -0.243. The van der Waals surface area contributed by atoms with Crippen molar-refractivity contribution in [1.29, 1.82) is 0 Å². The second-order valence-corrected chi connectivity index (χ2v) is 6.89. The molecule has 4 heteroatoms. The lowest BCUT2D eigenvalue weighted by molar-refractivity contribution is -0.884. The van der Waals surface area contributed by atoms with Crippen LogP contribution < -0.4 is 10.2 Å². The number of quaternary nitrogens is 1. The van der Waals surface area contributed by atoms with Gasteiger partial charge in [-0.2, -0.15) is 0 Å². The highest BCUT2D eigenvalue weighted by Crippen LogP contribution is 2.24. The third kappa shape index (κ3) is 4.21. The van der Waals surface area contributed by atoms with Crippen LogP contribution >= 0.6 is 0 Å². The molecule has 1 atom stereocenters. The van der Waals surface area contributed by atoms with Crippen LogP contribution in [-0.2, 0) is 6.42 Å². The van der Waals surface area contributed by atoms with Crippen LogP contribution in [0.15, 0.2) is 66.7 Å². The Labute approximate surface area is 154 Å². The molecule has 0 fully saturated rings. The first-order chi connectivity index (χ1) is 12.5. The van der Waals surface area contributed by atoms with Crippen molar-refractivity contribution in [2.45, 2.75) is 12.5 Å². The summed E-state index contributed by atoms with van der Waals surface area (Å²) < 4.78 is 0. The Morgan fingerprint density at radius 2 is 1.62 bits per heavy atom. The third-order valence-electron chi connectivity index (χ3n) is 4.76. The molecule has 0 unspecified atom stereocenters. The van der Waals surface area contributed by atoms with E-state index in [0.29, 0.717) is 12.1 Å². The summed E-state index contributed by atoms with van der Waals surface area (Å²) in [4.78, 5) is 13.9. The summed E-state index contributed by atoms with van der Waals surface area (Å²) in [7, 11) is 4.18. The van der Waals surface area contributed by atoms with Crippen LogP contribution in [0.3, 0.4) is 0 Å². The van der Waals surface area contributed by atoms with Crippen LogP contribution in [0.4, 0.5) is 0 Å².